The van der Waals surface area contributed by atoms with Crippen LogP contribution in [0.1, 0.15) is 12.8 Å². The van der Waals surface area contributed by atoms with Gasteiger partial charge in [-0.15, -0.1) is 0 Å². The van der Waals surface area contributed by atoms with Crippen molar-refractivity contribution in [1.29, 1.82) is 0 Å². The first kappa shape index (κ1) is 7.94. The van der Waals surface area contributed by atoms with E-state index in [0.29, 0.717) is 0 Å². The van der Waals surface area contributed by atoms with E-state index >= 15 is 0 Å². The van der Waals surface area contributed by atoms with Crippen molar-refractivity contribution in [2.45, 2.75) is 37.0 Å². The molecule has 4 unspecified atom stereocenters. The molecule has 0 heterocycles. The van der Waals surface area contributed by atoms with Gasteiger partial charge in [0.25, 0.3) is 0 Å². The van der Waals surface area contributed by atoms with E-state index in [-0.39, 0.29) is 24.2 Å². The van der Waals surface area contributed by atoms with Crippen LogP contribution in [0, 0.1) is 0 Å². The molecule has 0 bridgehead atoms. The zero-order valence-electron chi connectivity index (χ0n) is 6.03. The van der Waals surface area contributed by atoms with E-state index in [0.717, 1.165) is 12.8 Å². The van der Waals surface area contributed by atoms with Crippen LogP contribution in [-0.4, -0.2) is 24.2 Å². The first-order chi connectivity index (χ1) is 4.61. The third kappa shape index (κ3) is 1.46. The highest BCUT2D eigenvalue weighted by Crippen LogP contribution is 2.13. The zero-order chi connectivity index (χ0) is 7.72. The summed E-state index contributed by atoms with van der Waals surface area (Å²) in [6.07, 6.45) is 1.50. The van der Waals surface area contributed by atoms with Crippen molar-refractivity contribution in [2.24, 2.45) is 22.9 Å². The lowest BCUT2D eigenvalue weighted by molar-refractivity contribution is 0.309. The quantitative estimate of drug-likeness (QED) is 0.318. The molecule has 1 rings (SSSR count). The summed E-state index contributed by atoms with van der Waals surface area (Å²) in [5.74, 6) is 0. The van der Waals surface area contributed by atoms with Gasteiger partial charge in [0.1, 0.15) is 0 Å². The summed E-state index contributed by atoms with van der Waals surface area (Å²) in [4.78, 5) is 0. The van der Waals surface area contributed by atoms with Gasteiger partial charge in [0.2, 0.25) is 0 Å². The molecule has 0 aromatic rings. The molecule has 4 heteroatoms. The molecule has 0 amide bonds. The normalized spacial score (nSPS) is 49.2. The fourth-order valence-electron chi connectivity index (χ4n) is 1.33. The van der Waals surface area contributed by atoms with E-state index in [1.807, 2.05) is 0 Å². The molecule has 0 saturated heterocycles. The van der Waals surface area contributed by atoms with Crippen LogP contribution in [0.5, 0.6) is 0 Å². The second-order valence-electron chi connectivity index (χ2n) is 3.13. The minimum atomic E-state index is 0.0369. The van der Waals surface area contributed by atoms with Crippen LogP contribution in [0.15, 0.2) is 0 Å². The van der Waals surface area contributed by atoms with Crippen LogP contribution in [0.25, 0.3) is 0 Å². The molecular weight excluding hydrogens is 128 g/mol. The lowest BCUT2D eigenvalue weighted by Gasteiger charge is -2.34. The average Bonchev–Trinajstić information content (AvgIpc) is 1.84. The zero-order valence-corrected chi connectivity index (χ0v) is 6.03. The fraction of sp³-hybridized carbons (Fsp3) is 1.00. The summed E-state index contributed by atoms with van der Waals surface area (Å²) in [5, 5.41) is 0. The van der Waals surface area contributed by atoms with E-state index in [1.165, 1.54) is 0 Å². The van der Waals surface area contributed by atoms with E-state index in [2.05, 4.69) is 0 Å². The predicted octanol–water partition coefficient (Wildman–Crippen LogP) is -1.91. The van der Waals surface area contributed by atoms with Gasteiger partial charge in [-0.2, -0.15) is 0 Å². The number of rotatable bonds is 0. The molecule has 60 valence electrons. The maximum Gasteiger partial charge on any atom is 0.0208 e. The van der Waals surface area contributed by atoms with Crippen LogP contribution in [-0.2, 0) is 0 Å². The van der Waals surface area contributed by atoms with Gasteiger partial charge in [-0.1, -0.05) is 0 Å². The molecule has 1 aliphatic carbocycles. The molecule has 0 aromatic heterocycles. The summed E-state index contributed by atoms with van der Waals surface area (Å²) in [6.45, 7) is 0. The summed E-state index contributed by atoms with van der Waals surface area (Å²) in [6, 6.07) is 0.147. The number of nitrogens with two attached hydrogens (primary N) is 4. The van der Waals surface area contributed by atoms with Crippen LogP contribution in [0.2, 0.25) is 0 Å². The van der Waals surface area contributed by atoms with Gasteiger partial charge in [0.15, 0.2) is 0 Å². The van der Waals surface area contributed by atoms with Gasteiger partial charge in [0, 0.05) is 24.2 Å². The Kier molecular flexibility index (Phi) is 2.25. The third-order valence-electron chi connectivity index (χ3n) is 2.19. The lowest BCUT2D eigenvalue weighted by Crippen LogP contribution is -2.58. The Morgan fingerprint density at radius 1 is 0.600 bits per heavy atom. The largest absolute Gasteiger partial charge is 0.326 e. The van der Waals surface area contributed by atoms with Crippen molar-refractivity contribution in [3.63, 3.8) is 0 Å². The Bertz CT molecular complexity index is 90.3. The van der Waals surface area contributed by atoms with Gasteiger partial charge < -0.3 is 22.9 Å². The first-order valence-corrected chi connectivity index (χ1v) is 3.63. The molecule has 1 fully saturated rings. The highest BCUT2D eigenvalue weighted by molar-refractivity contribution is 4.94. The molecule has 1 saturated carbocycles. The van der Waals surface area contributed by atoms with Crippen LogP contribution >= 0.6 is 0 Å². The Morgan fingerprint density at radius 2 is 0.800 bits per heavy atom. The van der Waals surface area contributed by atoms with Crippen LogP contribution < -0.4 is 22.9 Å². The highest BCUT2D eigenvalue weighted by atomic mass is 14.9. The van der Waals surface area contributed by atoms with Crippen molar-refractivity contribution >= 4 is 0 Å². The Morgan fingerprint density at radius 3 is 1.00 bits per heavy atom. The topological polar surface area (TPSA) is 104 Å². The van der Waals surface area contributed by atoms with Gasteiger partial charge >= 0.3 is 0 Å². The van der Waals surface area contributed by atoms with E-state index in [1.54, 1.807) is 0 Å². The fourth-order valence-corrected chi connectivity index (χ4v) is 1.33. The Balaban J connectivity index is 2.46. The van der Waals surface area contributed by atoms with E-state index in [4.69, 9.17) is 22.9 Å². The molecule has 0 spiro atoms. The summed E-state index contributed by atoms with van der Waals surface area (Å²) in [5.41, 5.74) is 22.7. The summed E-state index contributed by atoms with van der Waals surface area (Å²) in [7, 11) is 0. The highest BCUT2D eigenvalue weighted by Gasteiger charge is 2.28. The average molecular weight is 144 g/mol. The number of hydrogen-bond acceptors (Lipinski definition) is 4. The molecule has 1 aliphatic rings. The molecular formula is C6H16N4. The van der Waals surface area contributed by atoms with Crippen molar-refractivity contribution < 1.29 is 0 Å². The third-order valence-corrected chi connectivity index (χ3v) is 2.19. The van der Waals surface area contributed by atoms with Gasteiger partial charge in [-0.3, -0.25) is 0 Å². The van der Waals surface area contributed by atoms with Gasteiger partial charge in [-0.05, 0) is 12.8 Å². The molecule has 8 N–H and O–H groups in total. The van der Waals surface area contributed by atoms with E-state index in [9.17, 15) is 0 Å². The van der Waals surface area contributed by atoms with Gasteiger partial charge in [0.05, 0.1) is 0 Å². The Labute approximate surface area is 60.9 Å². The number of hydrogen-bond donors (Lipinski definition) is 4. The molecule has 0 aromatic carbocycles. The monoisotopic (exact) mass is 144 g/mol. The molecule has 0 aliphatic heterocycles. The van der Waals surface area contributed by atoms with Crippen LogP contribution in [0.3, 0.4) is 0 Å². The van der Waals surface area contributed by atoms with Crippen molar-refractivity contribution in [3.05, 3.63) is 0 Å². The minimum Gasteiger partial charge on any atom is -0.326 e. The molecule has 0 radical (unpaired) electrons. The summed E-state index contributed by atoms with van der Waals surface area (Å²) < 4.78 is 0. The van der Waals surface area contributed by atoms with Gasteiger partial charge in [-0.25, -0.2) is 0 Å². The SMILES string of the molecule is NC1CC(N)C(N)CC1N. The molecule has 4 atom stereocenters. The standard InChI is InChI=1S/C6H16N4/c7-3-1-4(8)6(10)2-5(3)9/h3-6H,1-2,7-10H2. The van der Waals surface area contributed by atoms with Crippen molar-refractivity contribution in [2.75, 3.05) is 0 Å². The molecule has 10 heavy (non-hydrogen) atoms. The van der Waals surface area contributed by atoms with Crippen molar-refractivity contribution in [3.8, 4) is 0 Å². The second kappa shape index (κ2) is 2.84. The smallest absolute Gasteiger partial charge is 0.0208 e. The maximum atomic E-state index is 5.67. The van der Waals surface area contributed by atoms with E-state index < -0.39 is 0 Å². The first-order valence-electron chi connectivity index (χ1n) is 3.63. The van der Waals surface area contributed by atoms with Crippen LogP contribution in [0.4, 0.5) is 0 Å². The predicted molar refractivity (Wildman–Crippen MR) is 41.1 cm³/mol. The second-order valence-corrected chi connectivity index (χ2v) is 3.13. The Hall–Kier alpha value is -0.160. The van der Waals surface area contributed by atoms with Crippen molar-refractivity contribution in [1.82, 2.24) is 0 Å². The minimum absolute atomic E-state index is 0.0369. The lowest BCUT2D eigenvalue weighted by atomic mass is 9.85. The molecule has 4 nitrogen and oxygen atoms in total. The maximum absolute atomic E-state index is 5.67. The summed E-state index contributed by atoms with van der Waals surface area (Å²) >= 11 is 0.